The van der Waals surface area contributed by atoms with Crippen LogP contribution in [0.4, 0.5) is 0 Å². The lowest BCUT2D eigenvalue weighted by molar-refractivity contribution is -0.123. The Morgan fingerprint density at radius 2 is 1.84 bits per heavy atom. The molecule has 2 aromatic carbocycles. The number of carbonyl (C=O) groups is 1. The first-order valence-electron chi connectivity index (χ1n) is 10.3. The molecule has 0 atom stereocenters. The first-order chi connectivity index (χ1) is 14.7. The van der Waals surface area contributed by atoms with Crippen molar-refractivity contribution in [2.24, 2.45) is 4.99 Å². The lowest BCUT2D eigenvalue weighted by Gasteiger charge is -2.12. The molecular weight excluding hydrogens is 507 g/mol. The number of halogens is 1. The third-order valence-corrected chi connectivity index (χ3v) is 4.59. The van der Waals surface area contributed by atoms with Crippen molar-refractivity contribution in [3.8, 4) is 11.5 Å². The molecule has 1 fully saturated rings. The minimum atomic E-state index is -0.0712. The van der Waals surface area contributed by atoms with E-state index in [-0.39, 0.29) is 36.5 Å². The second kappa shape index (κ2) is 13.0. The molecule has 1 aliphatic carbocycles. The van der Waals surface area contributed by atoms with Crippen LogP contribution < -0.4 is 25.4 Å². The van der Waals surface area contributed by atoms with Gasteiger partial charge in [0.1, 0.15) is 11.5 Å². The fraction of sp³-hybridized carbons (Fsp3) is 0.391. The van der Waals surface area contributed by atoms with Crippen LogP contribution in [0.5, 0.6) is 11.5 Å². The number of aliphatic imine (C=N–C) groups is 1. The number of nitrogens with zero attached hydrogens (tertiary/aromatic N) is 1. The van der Waals surface area contributed by atoms with E-state index in [2.05, 4.69) is 20.9 Å². The summed E-state index contributed by atoms with van der Waals surface area (Å²) < 4.78 is 10.8. The summed E-state index contributed by atoms with van der Waals surface area (Å²) in [5, 5.41) is 9.51. The average molecular weight is 538 g/mol. The highest BCUT2D eigenvalue weighted by Crippen LogP contribution is 2.19. The molecule has 0 saturated heterocycles. The van der Waals surface area contributed by atoms with E-state index in [9.17, 15) is 4.79 Å². The molecule has 3 N–H and O–H groups in total. The summed E-state index contributed by atoms with van der Waals surface area (Å²) in [4.78, 5) is 16.4. The fourth-order valence-corrected chi connectivity index (χ4v) is 2.82. The molecule has 2 aromatic rings. The Labute approximate surface area is 201 Å². The summed E-state index contributed by atoms with van der Waals surface area (Å²) in [6.07, 6.45) is 2.14. The van der Waals surface area contributed by atoms with Crippen molar-refractivity contribution in [3.05, 3.63) is 59.7 Å². The van der Waals surface area contributed by atoms with Gasteiger partial charge in [0.05, 0.1) is 13.7 Å². The Hall–Kier alpha value is -2.49. The van der Waals surface area contributed by atoms with Crippen molar-refractivity contribution in [2.75, 3.05) is 20.3 Å². The van der Waals surface area contributed by atoms with Crippen LogP contribution in [0.25, 0.3) is 0 Å². The van der Waals surface area contributed by atoms with Crippen molar-refractivity contribution >= 4 is 35.8 Å². The molecule has 0 spiro atoms. The molecule has 1 amide bonds. The highest BCUT2D eigenvalue weighted by atomic mass is 127. The van der Waals surface area contributed by atoms with Crippen LogP contribution in [0.3, 0.4) is 0 Å². The SMILES string of the molecule is CCNC(=NCc1cccc(OCC(=O)NC2CC2)c1)NCc1ccc(OC)cc1.I. The van der Waals surface area contributed by atoms with Gasteiger partial charge in [-0.3, -0.25) is 4.79 Å². The zero-order valence-corrected chi connectivity index (χ0v) is 20.3. The molecule has 0 radical (unpaired) electrons. The molecule has 1 saturated carbocycles. The van der Waals surface area contributed by atoms with Gasteiger partial charge in [0.15, 0.2) is 12.6 Å². The van der Waals surface area contributed by atoms with Crippen LogP contribution in [0.1, 0.15) is 30.9 Å². The first-order valence-corrected chi connectivity index (χ1v) is 10.3. The van der Waals surface area contributed by atoms with Crippen molar-refractivity contribution < 1.29 is 14.3 Å². The Morgan fingerprint density at radius 1 is 1.06 bits per heavy atom. The predicted octanol–water partition coefficient (Wildman–Crippen LogP) is 3.23. The third-order valence-electron chi connectivity index (χ3n) is 4.59. The lowest BCUT2D eigenvalue weighted by atomic mass is 10.2. The highest BCUT2D eigenvalue weighted by Gasteiger charge is 2.23. The van der Waals surface area contributed by atoms with Gasteiger partial charge >= 0.3 is 0 Å². The van der Waals surface area contributed by atoms with E-state index < -0.39 is 0 Å². The number of carbonyl (C=O) groups excluding carboxylic acids is 1. The summed E-state index contributed by atoms with van der Waals surface area (Å²) in [5.41, 5.74) is 2.15. The van der Waals surface area contributed by atoms with E-state index in [1.807, 2.05) is 55.5 Å². The van der Waals surface area contributed by atoms with Crippen LogP contribution in [0.2, 0.25) is 0 Å². The van der Waals surface area contributed by atoms with Gasteiger partial charge in [0.25, 0.3) is 5.91 Å². The van der Waals surface area contributed by atoms with Crippen LogP contribution in [0.15, 0.2) is 53.5 Å². The molecule has 7 nitrogen and oxygen atoms in total. The van der Waals surface area contributed by atoms with Gasteiger partial charge in [-0.25, -0.2) is 4.99 Å². The minimum Gasteiger partial charge on any atom is -0.497 e. The number of benzene rings is 2. The molecule has 0 unspecified atom stereocenters. The maximum absolute atomic E-state index is 11.8. The van der Waals surface area contributed by atoms with Crippen molar-refractivity contribution in [3.63, 3.8) is 0 Å². The van der Waals surface area contributed by atoms with Gasteiger partial charge < -0.3 is 25.4 Å². The van der Waals surface area contributed by atoms with Crippen LogP contribution in [-0.2, 0) is 17.9 Å². The molecule has 8 heteroatoms. The molecule has 31 heavy (non-hydrogen) atoms. The summed E-state index contributed by atoms with van der Waals surface area (Å²) in [6.45, 7) is 4.01. The monoisotopic (exact) mass is 538 g/mol. The maximum Gasteiger partial charge on any atom is 0.258 e. The smallest absolute Gasteiger partial charge is 0.258 e. The number of hydrogen-bond donors (Lipinski definition) is 3. The average Bonchev–Trinajstić information content (AvgIpc) is 3.59. The van der Waals surface area contributed by atoms with E-state index in [4.69, 9.17) is 9.47 Å². The molecule has 1 aliphatic rings. The second-order valence-corrected chi connectivity index (χ2v) is 7.17. The number of nitrogens with one attached hydrogen (secondary N) is 3. The summed E-state index contributed by atoms with van der Waals surface area (Å²) in [6, 6.07) is 16.0. The summed E-state index contributed by atoms with van der Waals surface area (Å²) >= 11 is 0. The number of ether oxygens (including phenoxy) is 2. The van der Waals surface area contributed by atoms with E-state index in [1.165, 1.54) is 0 Å². The normalized spacial score (nSPS) is 13.0. The van der Waals surface area contributed by atoms with Gasteiger partial charge in [0, 0.05) is 19.1 Å². The fourth-order valence-electron chi connectivity index (χ4n) is 2.82. The van der Waals surface area contributed by atoms with Crippen molar-refractivity contribution in [1.82, 2.24) is 16.0 Å². The third kappa shape index (κ3) is 9.04. The minimum absolute atomic E-state index is 0. The second-order valence-electron chi connectivity index (χ2n) is 7.17. The van der Waals surface area contributed by atoms with Crippen molar-refractivity contribution in [1.29, 1.82) is 0 Å². The molecule has 3 rings (SSSR count). The number of rotatable bonds is 10. The molecular formula is C23H31IN4O3. The van der Waals surface area contributed by atoms with Crippen molar-refractivity contribution in [2.45, 2.75) is 38.9 Å². The number of guanidine groups is 1. The molecule has 0 bridgehead atoms. The predicted molar refractivity (Wildman–Crippen MR) is 133 cm³/mol. The molecule has 0 aromatic heterocycles. The standard InChI is InChI=1S/C23H30N4O3.HI/c1-3-24-23(25-14-17-7-11-20(29-2)12-8-17)26-15-18-5-4-6-21(13-18)30-16-22(28)27-19-9-10-19;/h4-8,11-13,19H,3,9-10,14-16H2,1-2H3,(H,27,28)(H2,24,25,26);1H. The highest BCUT2D eigenvalue weighted by molar-refractivity contribution is 14.0. The largest absolute Gasteiger partial charge is 0.497 e. The Balaban J connectivity index is 0.00000341. The lowest BCUT2D eigenvalue weighted by Crippen LogP contribution is -2.36. The maximum atomic E-state index is 11.8. The first kappa shape index (κ1) is 24.8. The number of methoxy groups -OCH3 is 1. The molecule has 168 valence electrons. The van der Waals surface area contributed by atoms with Crippen LogP contribution in [0, 0.1) is 0 Å². The summed E-state index contributed by atoms with van der Waals surface area (Å²) in [5.74, 6) is 2.18. The summed E-state index contributed by atoms with van der Waals surface area (Å²) in [7, 11) is 1.66. The molecule has 0 heterocycles. The Kier molecular flexibility index (Phi) is 10.4. The van der Waals surface area contributed by atoms with E-state index in [0.29, 0.717) is 24.9 Å². The zero-order chi connectivity index (χ0) is 21.2. The Bertz CT molecular complexity index is 854. The topological polar surface area (TPSA) is 84.0 Å². The van der Waals surface area contributed by atoms with Gasteiger partial charge in [-0.2, -0.15) is 0 Å². The quantitative estimate of drug-likeness (QED) is 0.246. The van der Waals surface area contributed by atoms with E-state index in [0.717, 1.165) is 42.2 Å². The van der Waals surface area contributed by atoms with Gasteiger partial charge in [-0.05, 0) is 55.2 Å². The van der Waals surface area contributed by atoms with E-state index >= 15 is 0 Å². The number of amides is 1. The number of hydrogen-bond acceptors (Lipinski definition) is 4. The van der Waals surface area contributed by atoms with E-state index in [1.54, 1.807) is 7.11 Å². The Morgan fingerprint density at radius 3 is 2.52 bits per heavy atom. The van der Waals surface area contributed by atoms with Gasteiger partial charge in [0.2, 0.25) is 0 Å². The zero-order valence-electron chi connectivity index (χ0n) is 18.0. The van der Waals surface area contributed by atoms with Crippen LogP contribution >= 0.6 is 24.0 Å². The molecule has 0 aliphatic heterocycles. The van der Waals surface area contributed by atoms with Crippen LogP contribution in [-0.4, -0.2) is 38.2 Å². The van der Waals surface area contributed by atoms with Gasteiger partial charge in [-0.15, -0.1) is 24.0 Å². The van der Waals surface area contributed by atoms with Gasteiger partial charge in [-0.1, -0.05) is 24.3 Å².